The van der Waals surface area contributed by atoms with Crippen LogP contribution in [0.25, 0.3) is 0 Å². The number of para-hydroxylation sites is 1. The summed E-state index contributed by atoms with van der Waals surface area (Å²) in [6.45, 7) is 2.30. The Labute approximate surface area is 145 Å². The summed E-state index contributed by atoms with van der Waals surface area (Å²) < 4.78 is 39.0. The largest absolute Gasteiger partial charge is 0.492 e. The maximum atomic E-state index is 12.5. The Morgan fingerprint density at radius 3 is 2.61 bits per heavy atom. The summed E-state index contributed by atoms with van der Waals surface area (Å²) in [6, 6.07) is 10.1. The van der Waals surface area contributed by atoms with Crippen LogP contribution in [-0.4, -0.2) is 28.7 Å². The van der Waals surface area contributed by atoms with Crippen LogP contribution in [0.4, 0.5) is 0 Å². The van der Waals surface area contributed by atoms with E-state index in [1.54, 1.807) is 31.2 Å². The number of sulfonamides is 1. The highest BCUT2D eigenvalue weighted by molar-refractivity contribution is 7.89. The topological polar surface area (TPSA) is 64.6 Å². The fraction of sp³-hybridized carbons (Fsp3) is 0.333. The van der Waals surface area contributed by atoms with Crippen molar-refractivity contribution in [1.82, 2.24) is 4.72 Å². The van der Waals surface area contributed by atoms with Gasteiger partial charge in [-0.2, -0.15) is 0 Å². The molecule has 5 nitrogen and oxygen atoms in total. The number of hydrogen-bond donors (Lipinski definition) is 1. The lowest BCUT2D eigenvalue weighted by Crippen LogP contribution is -2.29. The van der Waals surface area contributed by atoms with Crippen molar-refractivity contribution in [3.8, 4) is 5.75 Å². The molecule has 23 heavy (non-hydrogen) atoms. The summed E-state index contributed by atoms with van der Waals surface area (Å²) in [5.74, 6) is 0.329. The second-order valence-corrected chi connectivity index (χ2v) is 8.08. The van der Waals surface area contributed by atoms with Gasteiger partial charge in [0.25, 0.3) is 0 Å². The molecule has 1 aromatic carbocycles. The molecule has 126 valence electrons. The van der Waals surface area contributed by atoms with Crippen molar-refractivity contribution in [3.05, 3.63) is 45.6 Å². The minimum Gasteiger partial charge on any atom is -0.492 e. The molecule has 0 spiro atoms. The van der Waals surface area contributed by atoms with E-state index in [9.17, 15) is 8.42 Å². The molecular weight excluding hydrogens is 358 g/mol. The first-order valence-electron chi connectivity index (χ1n) is 6.97. The average molecular weight is 376 g/mol. The van der Waals surface area contributed by atoms with Crippen LogP contribution >= 0.6 is 22.9 Å². The molecular formula is C15H18ClNO4S2. The van der Waals surface area contributed by atoms with Gasteiger partial charge in [-0.1, -0.05) is 23.7 Å². The van der Waals surface area contributed by atoms with Crippen molar-refractivity contribution in [2.24, 2.45) is 0 Å². The highest BCUT2D eigenvalue weighted by Crippen LogP contribution is 2.29. The van der Waals surface area contributed by atoms with Gasteiger partial charge < -0.3 is 9.47 Å². The van der Waals surface area contributed by atoms with Crippen molar-refractivity contribution in [2.45, 2.75) is 17.9 Å². The van der Waals surface area contributed by atoms with E-state index in [4.69, 9.17) is 21.1 Å². The Kier molecular flexibility index (Phi) is 6.43. The SMILES string of the molecule is CCOc1ccccc1S(=O)(=O)NCC(OC)c1ccc(Cl)s1. The molecule has 0 aliphatic carbocycles. The summed E-state index contributed by atoms with van der Waals surface area (Å²) in [4.78, 5) is 0.971. The molecule has 1 atom stereocenters. The van der Waals surface area contributed by atoms with E-state index in [2.05, 4.69) is 4.72 Å². The van der Waals surface area contributed by atoms with E-state index in [1.165, 1.54) is 24.5 Å². The zero-order chi connectivity index (χ0) is 16.9. The molecule has 0 saturated heterocycles. The van der Waals surface area contributed by atoms with Gasteiger partial charge in [-0.3, -0.25) is 0 Å². The number of benzene rings is 1. The maximum Gasteiger partial charge on any atom is 0.244 e. The molecule has 1 heterocycles. The first kappa shape index (κ1) is 18.2. The van der Waals surface area contributed by atoms with E-state index < -0.39 is 16.1 Å². The molecule has 2 aromatic rings. The maximum absolute atomic E-state index is 12.5. The van der Waals surface area contributed by atoms with Crippen LogP contribution < -0.4 is 9.46 Å². The number of ether oxygens (including phenoxy) is 2. The van der Waals surface area contributed by atoms with Crippen LogP contribution in [0.1, 0.15) is 17.9 Å². The highest BCUT2D eigenvalue weighted by atomic mass is 35.5. The smallest absolute Gasteiger partial charge is 0.244 e. The predicted octanol–water partition coefficient (Wildman–Crippen LogP) is 3.47. The second-order valence-electron chi connectivity index (χ2n) is 4.60. The molecule has 1 aromatic heterocycles. The van der Waals surface area contributed by atoms with Gasteiger partial charge in [0.1, 0.15) is 16.7 Å². The number of methoxy groups -OCH3 is 1. The third-order valence-corrected chi connectivity index (χ3v) is 5.88. The average Bonchev–Trinajstić information content (AvgIpc) is 2.95. The number of halogens is 1. The minimum absolute atomic E-state index is 0.107. The van der Waals surface area contributed by atoms with Crippen LogP contribution in [0.3, 0.4) is 0 Å². The molecule has 0 saturated carbocycles. The number of nitrogens with one attached hydrogen (secondary N) is 1. The summed E-state index contributed by atoms with van der Waals surface area (Å²) in [5, 5.41) is 0. The molecule has 0 aliphatic heterocycles. The number of hydrogen-bond acceptors (Lipinski definition) is 5. The van der Waals surface area contributed by atoms with Crippen molar-refractivity contribution < 1.29 is 17.9 Å². The quantitative estimate of drug-likeness (QED) is 0.767. The van der Waals surface area contributed by atoms with Gasteiger partial charge >= 0.3 is 0 Å². The van der Waals surface area contributed by atoms with Crippen LogP contribution in [0.15, 0.2) is 41.3 Å². The van der Waals surface area contributed by atoms with Gasteiger partial charge in [0, 0.05) is 18.5 Å². The van der Waals surface area contributed by atoms with Crippen molar-refractivity contribution in [1.29, 1.82) is 0 Å². The van der Waals surface area contributed by atoms with E-state index in [0.717, 1.165) is 4.88 Å². The Morgan fingerprint density at radius 1 is 1.26 bits per heavy atom. The standard InChI is InChI=1S/C15H18ClNO4S2/c1-3-21-11-6-4-5-7-14(11)23(18,19)17-10-12(20-2)13-8-9-15(16)22-13/h4-9,12,17H,3,10H2,1-2H3. The van der Waals surface area contributed by atoms with Crippen molar-refractivity contribution in [2.75, 3.05) is 20.3 Å². The van der Waals surface area contributed by atoms with Gasteiger partial charge in [-0.15, -0.1) is 11.3 Å². The van der Waals surface area contributed by atoms with Gasteiger partial charge in [-0.25, -0.2) is 13.1 Å². The zero-order valence-corrected chi connectivity index (χ0v) is 15.2. The Balaban J connectivity index is 2.15. The molecule has 0 amide bonds. The summed E-state index contributed by atoms with van der Waals surface area (Å²) in [7, 11) is -2.17. The molecule has 8 heteroatoms. The fourth-order valence-corrected chi connectivity index (χ4v) is 4.33. The highest BCUT2D eigenvalue weighted by Gasteiger charge is 2.22. The summed E-state index contributed by atoms with van der Waals surface area (Å²) in [6.07, 6.45) is -0.401. The molecule has 0 aliphatic rings. The lowest BCUT2D eigenvalue weighted by atomic mass is 10.3. The van der Waals surface area contributed by atoms with E-state index >= 15 is 0 Å². The van der Waals surface area contributed by atoms with Crippen molar-refractivity contribution in [3.63, 3.8) is 0 Å². The zero-order valence-electron chi connectivity index (χ0n) is 12.8. The first-order chi connectivity index (χ1) is 11.0. The third kappa shape index (κ3) is 4.68. The molecule has 1 N–H and O–H groups in total. The Hall–Kier alpha value is -1.12. The van der Waals surface area contributed by atoms with Gasteiger partial charge in [0.15, 0.2) is 0 Å². The van der Waals surface area contributed by atoms with E-state index in [-0.39, 0.29) is 11.4 Å². The normalized spacial score (nSPS) is 13.0. The predicted molar refractivity (Wildman–Crippen MR) is 91.9 cm³/mol. The number of thiophene rings is 1. The minimum atomic E-state index is -3.70. The first-order valence-corrected chi connectivity index (χ1v) is 9.65. The lowest BCUT2D eigenvalue weighted by molar-refractivity contribution is 0.110. The van der Waals surface area contributed by atoms with Gasteiger partial charge in [0.05, 0.1) is 10.9 Å². The number of rotatable bonds is 8. The summed E-state index contributed by atoms with van der Waals surface area (Å²) >= 11 is 7.27. The van der Waals surface area contributed by atoms with Crippen LogP contribution in [-0.2, 0) is 14.8 Å². The molecule has 0 radical (unpaired) electrons. The van der Waals surface area contributed by atoms with E-state index in [1.807, 2.05) is 6.07 Å². The summed E-state index contributed by atoms with van der Waals surface area (Å²) in [5.41, 5.74) is 0. The van der Waals surface area contributed by atoms with Crippen LogP contribution in [0, 0.1) is 0 Å². The van der Waals surface area contributed by atoms with Gasteiger partial charge in [-0.05, 0) is 31.2 Å². The monoisotopic (exact) mass is 375 g/mol. The molecule has 2 rings (SSSR count). The van der Waals surface area contributed by atoms with Crippen molar-refractivity contribution >= 4 is 33.0 Å². The molecule has 0 bridgehead atoms. The Morgan fingerprint density at radius 2 is 2.00 bits per heavy atom. The molecule has 1 unspecified atom stereocenters. The Bertz CT molecular complexity index is 745. The fourth-order valence-electron chi connectivity index (χ4n) is 2.01. The van der Waals surface area contributed by atoms with E-state index in [0.29, 0.717) is 16.7 Å². The third-order valence-electron chi connectivity index (χ3n) is 3.09. The van der Waals surface area contributed by atoms with Gasteiger partial charge in [0.2, 0.25) is 10.0 Å². The van der Waals surface area contributed by atoms with Crippen LogP contribution in [0.2, 0.25) is 4.34 Å². The molecule has 0 fully saturated rings. The lowest BCUT2D eigenvalue weighted by Gasteiger charge is -2.16. The van der Waals surface area contributed by atoms with Crippen LogP contribution in [0.5, 0.6) is 5.75 Å². The second kappa shape index (κ2) is 8.12.